The Morgan fingerprint density at radius 1 is 1.50 bits per heavy atom. The molecule has 10 heavy (non-hydrogen) atoms. The van der Waals surface area contributed by atoms with E-state index < -0.39 is 0 Å². The van der Waals surface area contributed by atoms with Gasteiger partial charge in [-0.3, -0.25) is 4.79 Å². The van der Waals surface area contributed by atoms with Gasteiger partial charge >= 0.3 is 0 Å². The summed E-state index contributed by atoms with van der Waals surface area (Å²) in [4.78, 5) is 13.3. The summed E-state index contributed by atoms with van der Waals surface area (Å²) in [5.74, 6) is 0.342. The Kier molecular flexibility index (Phi) is 6.98. The lowest BCUT2D eigenvalue weighted by Gasteiger charge is -1.96. The first-order valence-corrected chi connectivity index (χ1v) is 4.04. The van der Waals surface area contributed by atoms with Crippen molar-refractivity contribution in [2.45, 2.75) is 32.6 Å². The second-order valence-electron chi connectivity index (χ2n) is 2.28. The van der Waals surface area contributed by atoms with Gasteiger partial charge < -0.3 is 0 Å². The van der Waals surface area contributed by atoms with Crippen LogP contribution in [0.15, 0.2) is 0 Å². The normalized spacial score (nSPS) is 9.80. The van der Waals surface area contributed by atoms with Gasteiger partial charge in [0.05, 0.1) is 0 Å². The van der Waals surface area contributed by atoms with Crippen LogP contribution in [0.1, 0.15) is 32.6 Å². The molecule has 0 aromatic heterocycles. The van der Waals surface area contributed by atoms with Gasteiger partial charge in [-0.1, -0.05) is 6.92 Å². The van der Waals surface area contributed by atoms with Crippen LogP contribution in [0.3, 0.4) is 0 Å². The average molecular weight is 164 g/mol. The third kappa shape index (κ3) is 6.05. The third-order valence-corrected chi connectivity index (χ3v) is 1.44. The van der Waals surface area contributed by atoms with Crippen LogP contribution in [0, 0.1) is 0 Å². The summed E-state index contributed by atoms with van der Waals surface area (Å²) in [6.45, 7) is 2.73. The van der Waals surface area contributed by atoms with E-state index in [9.17, 15) is 4.79 Å². The summed E-state index contributed by atoms with van der Waals surface area (Å²) in [5, 5.41) is 0. The van der Waals surface area contributed by atoms with Crippen LogP contribution in [0.25, 0.3) is 0 Å². The van der Waals surface area contributed by atoms with Gasteiger partial charge in [0.2, 0.25) is 0 Å². The molecule has 0 aliphatic carbocycles. The fourth-order valence-electron chi connectivity index (χ4n) is 0.756. The minimum absolute atomic E-state index is 0.342. The molecule has 0 fully saturated rings. The molecule has 2 nitrogen and oxygen atoms in total. The molecule has 0 radical (unpaired) electrons. The number of nitrogens with one attached hydrogen (secondary N) is 1. The van der Waals surface area contributed by atoms with Crippen molar-refractivity contribution in [1.82, 2.24) is 4.84 Å². The lowest BCUT2D eigenvalue weighted by Crippen LogP contribution is -2.04. The molecule has 0 aromatic rings. The summed E-state index contributed by atoms with van der Waals surface area (Å²) in [7, 11) is 0. The third-order valence-electron chi connectivity index (χ3n) is 1.26. The minimum Gasteiger partial charge on any atom is -0.300 e. The summed E-state index contributed by atoms with van der Waals surface area (Å²) in [5.41, 5.74) is 0. The highest BCUT2D eigenvalue weighted by Crippen LogP contribution is 1.96. The fraction of sp³-hybridized carbons (Fsp3) is 0.857. The molecule has 0 aliphatic rings. The van der Waals surface area contributed by atoms with E-state index in [4.69, 9.17) is 11.8 Å². The van der Waals surface area contributed by atoms with Crippen molar-refractivity contribution in [2.75, 3.05) is 6.54 Å². The van der Waals surface area contributed by atoms with Crippen molar-refractivity contribution < 1.29 is 4.79 Å². The summed E-state index contributed by atoms with van der Waals surface area (Å²) in [6.07, 6.45) is 3.17. The Labute approximate surface area is 67.1 Å². The molecule has 0 aliphatic heterocycles. The summed E-state index contributed by atoms with van der Waals surface area (Å²) < 4.78 is 0. The van der Waals surface area contributed by atoms with Gasteiger partial charge in [-0.25, -0.2) is 4.84 Å². The molecule has 60 valence electrons. The van der Waals surface area contributed by atoms with Gasteiger partial charge in [0, 0.05) is 19.4 Å². The first-order chi connectivity index (χ1) is 4.81. The molecule has 0 rings (SSSR count). The molecule has 0 aromatic carbocycles. The van der Waals surface area contributed by atoms with Gasteiger partial charge in [0.1, 0.15) is 5.78 Å². The number of hydrogen-bond donors (Lipinski definition) is 1. The van der Waals surface area contributed by atoms with E-state index >= 15 is 0 Å². The Bertz CT molecular complexity index is 95.6. The van der Waals surface area contributed by atoms with E-state index in [0.29, 0.717) is 18.6 Å². The van der Waals surface area contributed by atoms with E-state index in [1.165, 1.54) is 0 Å². The zero-order valence-electron chi connectivity index (χ0n) is 6.32. The highest BCUT2D eigenvalue weighted by atomic mass is 35.5. The second kappa shape index (κ2) is 7.03. The monoisotopic (exact) mass is 163 g/mol. The van der Waals surface area contributed by atoms with Crippen LogP contribution in [-0.4, -0.2) is 12.3 Å². The standard InChI is InChI=1S/C7H14ClNO/c1-2-4-7(10)5-3-6-9-8/h9H,2-6H2,1H3. The van der Waals surface area contributed by atoms with Gasteiger partial charge in [-0.05, 0) is 24.6 Å². The van der Waals surface area contributed by atoms with Crippen LogP contribution >= 0.6 is 11.8 Å². The smallest absolute Gasteiger partial charge is 0.132 e. The molecule has 0 atom stereocenters. The number of ketones is 1. The zero-order chi connectivity index (χ0) is 7.82. The number of carbonyl (C=O) groups excluding carboxylic acids is 1. The van der Waals surface area contributed by atoms with Gasteiger partial charge in [0.15, 0.2) is 0 Å². The van der Waals surface area contributed by atoms with Crippen molar-refractivity contribution in [3.8, 4) is 0 Å². The number of carbonyl (C=O) groups is 1. The number of hydrogen-bond acceptors (Lipinski definition) is 2. The lowest BCUT2D eigenvalue weighted by atomic mass is 10.1. The lowest BCUT2D eigenvalue weighted by molar-refractivity contribution is -0.119. The van der Waals surface area contributed by atoms with Crippen molar-refractivity contribution >= 4 is 17.6 Å². The van der Waals surface area contributed by atoms with Gasteiger partial charge in [0.25, 0.3) is 0 Å². The number of rotatable bonds is 6. The predicted molar refractivity (Wildman–Crippen MR) is 43.0 cm³/mol. The van der Waals surface area contributed by atoms with Gasteiger partial charge in [-0.15, -0.1) is 0 Å². The molecule has 0 spiro atoms. The first-order valence-electron chi connectivity index (χ1n) is 3.66. The Morgan fingerprint density at radius 3 is 2.70 bits per heavy atom. The van der Waals surface area contributed by atoms with Crippen LogP contribution in [-0.2, 0) is 4.79 Å². The van der Waals surface area contributed by atoms with Crippen LogP contribution < -0.4 is 4.84 Å². The molecule has 0 heterocycles. The predicted octanol–water partition coefficient (Wildman–Crippen LogP) is 1.88. The highest BCUT2D eigenvalue weighted by molar-refractivity contribution is 6.13. The number of Topliss-reactive ketones (excluding diaryl/α,β-unsaturated/α-hetero) is 1. The maximum absolute atomic E-state index is 10.8. The molecule has 1 N–H and O–H groups in total. The van der Waals surface area contributed by atoms with E-state index in [-0.39, 0.29) is 0 Å². The van der Waals surface area contributed by atoms with E-state index in [1.807, 2.05) is 6.92 Å². The Balaban J connectivity index is 3.05. The second-order valence-corrected chi connectivity index (χ2v) is 2.54. The molecule has 0 saturated carbocycles. The number of halogens is 1. The van der Waals surface area contributed by atoms with Crippen molar-refractivity contribution in [3.63, 3.8) is 0 Å². The van der Waals surface area contributed by atoms with E-state index in [0.717, 1.165) is 19.4 Å². The van der Waals surface area contributed by atoms with E-state index in [1.54, 1.807) is 0 Å². The molecule has 0 unspecified atom stereocenters. The summed E-state index contributed by atoms with van der Waals surface area (Å²) >= 11 is 5.20. The largest absolute Gasteiger partial charge is 0.300 e. The van der Waals surface area contributed by atoms with Crippen molar-refractivity contribution in [1.29, 1.82) is 0 Å². The molecule has 0 bridgehead atoms. The SMILES string of the molecule is CCCC(=O)CCCNCl. The Morgan fingerprint density at radius 2 is 2.20 bits per heavy atom. The van der Waals surface area contributed by atoms with Crippen LogP contribution in [0.4, 0.5) is 0 Å². The summed E-state index contributed by atoms with van der Waals surface area (Å²) in [6, 6.07) is 0. The zero-order valence-corrected chi connectivity index (χ0v) is 7.08. The van der Waals surface area contributed by atoms with Gasteiger partial charge in [-0.2, -0.15) is 0 Å². The fourth-order valence-corrected chi connectivity index (χ4v) is 0.890. The average Bonchev–Trinajstić information content (AvgIpc) is 1.89. The maximum Gasteiger partial charge on any atom is 0.132 e. The molecular formula is C7H14ClNO. The van der Waals surface area contributed by atoms with Crippen LogP contribution in [0.2, 0.25) is 0 Å². The molecule has 0 amide bonds. The quantitative estimate of drug-likeness (QED) is 0.479. The van der Waals surface area contributed by atoms with Crippen molar-refractivity contribution in [3.05, 3.63) is 0 Å². The maximum atomic E-state index is 10.8. The Hall–Kier alpha value is -0.0800. The van der Waals surface area contributed by atoms with E-state index in [2.05, 4.69) is 4.84 Å². The van der Waals surface area contributed by atoms with Crippen molar-refractivity contribution in [2.24, 2.45) is 0 Å². The minimum atomic E-state index is 0.342. The molecule has 0 saturated heterocycles. The topological polar surface area (TPSA) is 29.1 Å². The first kappa shape index (κ1) is 9.92. The van der Waals surface area contributed by atoms with Crippen LogP contribution in [0.5, 0.6) is 0 Å². The molecular weight excluding hydrogens is 150 g/mol. The highest BCUT2D eigenvalue weighted by Gasteiger charge is 1.97. The molecule has 3 heteroatoms.